The molecule has 1 nitrogen and oxygen atoms in total. The molecule has 0 atom stereocenters. The molecule has 0 aromatic heterocycles. The Labute approximate surface area is 143 Å². The van der Waals surface area contributed by atoms with Gasteiger partial charge in [-0.15, -0.1) is 0 Å². The first-order valence-electron chi connectivity index (χ1n) is 7.91. The van der Waals surface area contributed by atoms with Crippen LogP contribution in [0.4, 0.5) is 0 Å². The molecule has 0 radical (unpaired) electrons. The van der Waals surface area contributed by atoms with E-state index in [4.69, 9.17) is 0 Å². The molecule has 0 saturated carbocycles. The summed E-state index contributed by atoms with van der Waals surface area (Å²) in [4.78, 5) is 0. The molecule has 3 rings (SSSR count). The Morgan fingerprint density at radius 1 is 0.583 bits per heavy atom. The van der Waals surface area contributed by atoms with Crippen molar-refractivity contribution in [3.05, 3.63) is 115 Å². The van der Waals surface area contributed by atoms with Crippen molar-refractivity contribution in [2.75, 3.05) is 0 Å². The first kappa shape index (κ1) is 16.2. The Morgan fingerprint density at radius 2 is 1.04 bits per heavy atom. The monoisotopic (exact) mass is 330 g/mol. The minimum Gasteiger partial charge on any atom is -0.309 e. The topological polar surface area (TPSA) is 17.1 Å². The van der Waals surface area contributed by atoms with Crippen molar-refractivity contribution < 1.29 is 4.57 Å². The van der Waals surface area contributed by atoms with Gasteiger partial charge in [0.2, 0.25) is 0 Å². The van der Waals surface area contributed by atoms with Gasteiger partial charge in [-0.3, -0.25) is 0 Å². The molecule has 0 fully saturated rings. The van der Waals surface area contributed by atoms with E-state index in [-0.39, 0.29) is 0 Å². The summed E-state index contributed by atoms with van der Waals surface area (Å²) < 4.78 is 13.7. The molecule has 0 heterocycles. The molecular weight excluding hydrogens is 311 g/mol. The first-order valence-corrected chi connectivity index (χ1v) is 9.68. The van der Waals surface area contributed by atoms with Crippen LogP contribution in [0.2, 0.25) is 0 Å². The van der Waals surface area contributed by atoms with Gasteiger partial charge in [-0.1, -0.05) is 109 Å². The van der Waals surface area contributed by atoms with E-state index in [0.29, 0.717) is 0 Å². The maximum Gasteiger partial charge on any atom is 0.164 e. The summed E-state index contributed by atoms with van der Waals surface area (Å²) in [5, 5.41) is 1.70. The summed E-state index contributed by atoms with van der Waals surface area (Å²) in [6, 6.07) is 29.4. The summed E-state index contributed by atoms with van der Waals surface area (Å²) in [5.41, 5.74) is 1.12. The van der Waals surface area contributed by atoms with Crippen molar-refractivity contribution in [3.63, 3.8) is 0 Å². The first-order chi connectivity index (χ1) is 11.8. The molecule has 3 aromatic rings. The maximum absolute atomic E-state index is 13.7. The molecule has 24 heavy (non-hydrogen) atoms. The second-order valence-corrected chi connectivity index (χ2v) is 8.09. The molecule has 0 bridgehead atoms. The van der Waals surface area contributed by atoms with E-state index in [2.05, 4.69) is 0 Å². The highest BCUT2D eigenvalue weighted by Crippen LogP contribution is 2.44. The summed E-state index contributed by atoms with van der Waals surface area (Å²) in [7, 11) is -2.78. The van der Waals surface area contributed by atoms with Crippen LogP contribution in [0.5, 0.6) is 0 Å². The van der Waals surface area contributed by atoms with Crippen LogP contribution < -0.4 is 10.6 Å². The van der Waals surface area contributed by atoms with E-state index in [1.54, 1.807) is 0 Å². The summed E-state index contributed by atoms with van der Waals surface area (Å²) in [5.74, 6) is 1.83. The molecule has 0 unspecified atom stereocenters. The predicted octanol–water partition coefficient (Wildman–Crippen LogP) is 5.23. The summed E-state index contributed by atoms with van der Waals surface area (Å²) in [6.07, 6.45) is 5.83. The lowest BCUT2D eigenvalue weighted by Crippen LogP contribution is -2.13. The quantitative estimate of drug-likeness (QED) is 0.462. The van der Waals surface area contributed by atoms with Gasteiger partial charge in [-0.05, 0) is 11.4 Å². The van der Waals surface area contributed by atoms with E-state index in [0.717, 1.165) is 16.2 Å². The van der Waals surface area contributed by atoms with Crippen molar-refractivity contribution in [2.45, 2.75) is 0 Å². The predicted molar refractivity (Wildman–Crippen MR) is 104 cm³/mol. The molecule has 2 heteroatoms. The molecule has 0 aliphatic carbocycles. The molecule has 3 aromatic carbocycles. The second-order valence-electron chi connectivity index (χ2n) is 5.44. The largest absolute Gasteiger partial charge is 0.309 e. The standard InChI is InChI=1S/C22H19OP/c23-24(21-15-6-2-7-16-21,22-17-8-3-9-18-22)19-11-10-14-20-12-4-1-5-13-20/h1-19H/b14-10-,19-11+. The van der Waals surface area contributed by atoms with Crippen molar-refractivity contribution >= 4 is 23.8 Å². The van der Waals surface area contributed by atoms with Crippen molar-refractivity contribution in [1.82, 2.24) is 0 Å². The summed E-state index contributed by atoms with van der Waals surface area (Å²) >= 11 is 0. The number of allylic oxidation sites excluding steroid dienone is 2. The van der Waals surface area contributed by atoms with E-state index in [1.165, 1.54) is 0 Å². The van der Waals surface area contributed by atoms with Gasteiger partial charge in [0.1, 0.15) is 0 Å². The number of hydrogen-bond donors (Lipinski definition) is 0. The van der Waals surface area contributed by atoms with Crippen LogP contribution in [0.1, 0.15) is 5.56 Å². The fourth-order valence-electron chi connectivity index (χ4n) is 2.52. The molecular formula is C22H19OP. The molecule has 0 N–H and O–H groups in total. The van der Waals surface area contributed by atoms with Gasteiger partial charge in [0.25, 0.3) is 0 Å². The average molecular weight is 330 g/mol. The summed E-state index contributed by atoms with van der Waals surface area (Å²) in [6.45, 7) is 0. The van der Waals surface area contributed by atoms with Gasteiger partial charge in [-0.25, -0.2) is 0 Å². The van der Waals surface area contributed by atoms with Gasteiger partial charge < -0.3 is 4.57 Å². The molecule has 0 spiro atoms. The van der Waals surface area contributed by atoms with Crippen LogP contribution >= 0.6 is 7.14 Å². The zero-order chi connectivity index (χ0) is 16.7. The Morgan fingerprint density at radius 3 is 1.54 bits per heavy atom. The van der Waals surface area contributed by atoms with Crippen molar-refractivity contribution in [1.29, 1.82) is 0 Å². The maximum atomic E-state index is 13.7. The van der Waals surface area contributed by atoms with E-state index in [9.17, 15) is 4.57 Å². The number of hydrogen-bond acceptors (Lipinski definition) is 1. The number of rotatable bonds is 5. The highest BCUT2D eigenvalue weighted by molar-refractivity contribution is 7.81. The lowest BCUT2D eigenvalue weighted by molar-refractivity contribution is 0.592. The second kappa shape index (κ2) is 7.77. The van der Waals surface area contributed by atoms with E-state index >= 15 is 0 Å². The number of benzene rings is 3. The van der Waals surface area contributed by atoms with Crippen molar-refractivity contribution in [3.8, 4) is 0 Å². The van der Waals surface area contributed by atoms with Crippen LogP contribution in [0.3, 0.4) is 0 Å². The fourth-order valence-corrected chi connectivity index (χ4v) is 4.74. The Hall–Kier alpha value is -2.63. The fraction of sp³-hybridized carbons (Fsp3) is 0. The smallest absolute Gasteiger partial charge is 0.164 e. The Bertz CT molecular complexity index is 822. The third kappa shape index (κ3) is 3.82. The van der Waals surface area contributed by atoms with Gasteiger partial charge >= 0.3 is 0 Å². The van der Waals surface area contributed by atoms with Crippen LogP contribution in [0.25, 0.3) is 6.08 Å². The third-order valence-electron chi connectivity index (χ3n) is 3.77. The molecule has 0 aliphatic rings. The SMILES string of the molecule is O=P(/C=C/C=C\c1ccccc1)(c1ccccc1)c1ccccc1. The molecule has 0 aliphatic heterocycles. The zero-order valence-corrected chi connectivity index (χ0v) is 14.2. The highest BCUT2D eigenvalue weighted by atomic mass is 31.2. The van der Waals surface area contributed by atoms with Crippen molar-refractivity contribution in [2.24, 2.45) is 0 Å². The van der Waals surface area contributed by atoms with Gasteiger partial charge in [0.15, 0.2) is 7.14 Å². The molecule has 0 amide bonds. The lowest BCUT2D eigenvalue weighted by atomic mass is 10.2. The zero-order valence-electron chi connectivity index (χ0n) is 13.3. The minimum atomic E-state index is -2.78. The van der Waals surface area contributed by atoms with Crippen LogP contribution in [0, 0.1) is 0 Å². The third-order valence-corrected chi connectivity index (χ3v) is 6.50. The molecule has 0 saturated heterocycles. The van der Waals surface area contributed by atoms with Crippen LogP contribution in [0.15, 0.2) is 109 Å². The highest BCUT2D eigenvalue weighted by Gasteiger charge is 2.23. The van der Waals surface area contributed by atoms with Crippen LogP contribution in [-0.4, -0.2) is 0 Å². The minimum absolute atomic E-state index is 0.848. The lowest BCUT2D eigenvalue weighted by Gasteiger charge is -2.14. The van der Waals surface area contributed by atoms with E-state index in [1.807, 2.05) is 115 Å². The Kier molecular flexibility index (Phi) is 5.25. The van der Waals surface area contributed by atoms with Gasteiger partial charge in [-0.2, -0.15) is 0 Å². The normalized spacial score (nSPS) is 12.0. The van der Waals surface area contributed by atoms with Crippen LogP contribution in [-0.2, 0) is 4.57 Å². The van der Waals surface area contributed by atoms with Gasteiger partial charge in [0, 0.05) is 10.6 Å². The average Bonchev–Trinajstić information content (AvgIpc) is 2.67. The molecule has 118 valence electrons. The van der Waals surface area contributed by atoms with Gasteiger partial charge in [0.05, 0.1) is 0 Å². The Balaban J connectivity index is 1.93. The van der Waals surface area contributed by atoms with E-state index < -0.39 is 7.14 Å².